The Labute approximate surface area is 182 Å². The molecule has 0 aromatic carbocycles. The van der Waals surface area contributed by atoms with Crippen molar-refractivity contribution in [3.63, 3.8) is 0 Å². The second-order valence-electron chi connectivity index (χ2n) is 9.85. The molecule has 0 amide bonds. The number of rotatable bonds is 6. The third-order valence-electron chi connectivity index (χ3n) is 7.89. The van der Waals surface area contributed by atoms with E-state index in [2.05, 4.69) is 50.8 Å². The van der Waals surface area contributed by atoms with Gasteiger partial charge >= 0.3 is 0 Å². The van der Waals surface area contributed by atoms with E-state index >= 15 is 0 Å². The van der Waals surface area contributed by atoms with Crippen molar-refractivity contribution in [3.8, 4) is 0 Å². The molecule has 0 aromatic heterocycles. The smallest absolute Gasteiger partial charge is 0.0811 e. The fourth-order valence-electron chi connectivity index (χ4n) is 6.23. The van der Waals surface area contributed by atoms with Crippen LogP contribution < -0.4 is 0 Å². The van der Waals surface area contributed by atoms with Crippen LogP contribution in [0.2, 0.25) is 0 Å². The summed E-state index contributed by atoms with van der Waals surface area (Å²) in [5.41, 5.74) is 3.65. The number of fused-ring (bicyclic) bond motifs is 1. The SMILES string of the molecule is C=C1/C(=C\C=C2/CCC[C@]3(C)[C@@H]([C@H](C)/C=C/C=C/CCO)CC[C@@H]23)C[C@@H](O)C[C@@H]1O. The maximum absolute atomic E-state index is 10.1. The van der Waals surface area contributed by atoms with Crippen LogP contribution in [0.5, 0.6) is 0 Å². The number of hydrogen-bond acceptors (Lipinski definition) is 3. The van der Waals surface area contributed by atoms with E-state index in [4.69, 9.17) is 5.11 Å². The number of aliphatic hydroxyl groups is 3. The summed E-state index contributed by atoms with van der Waals surface area (Å²) >= 11 is 0. The van der Waals surface area contributed by atoms with Crippen LogP contribution in [-0.4, -0.2) is 34.1 Å². The molecular formula is C27H40O3. The summed E-state index contributed by atoms with van der Waals surface area (Å²) in [6.45, 7) is 9.10. The van der Waals surface area contributed by atoms with Crippen molar-refractivity contribution in [1.82, 2.24) is 0 Å². The lowest BCUT2D eigenvalue weighted by atomic mass is 9.61. The molecular weight excluding hydrogens is 372 g/mol. The largest absolute Gasteiger partial charge is 0.396 e. The van der Waals surface area contributed by atoms with Crippen LogP contribution in [0.25, 0.3) is 0 Å². The lowest BCUT2D eigenvalue weighted by molar-refractivity contribution is 0.0862. The molecule has 3 aliphatic rings. The number of hydrogen-bond donors (Lipinski definition) is 3. The van der Waals surface area contributed by atoms with Gasteiger partial charge in [-0.15, -0.1) is 0 Å². The Balaban J connectivity index is 1.73. The molecule has 0 spiro atoms. The number of aliphatic hydroxyl groups excluding tert-OH is 3. The Morgan fingerprint density at radius 2 is 2.00 bits per heavy atom. The van der Waals surface area contributed by atoms with Gasteiger partial charge < -0.3 is 15.3 Å². The normalized spacial score (nSPS) is 38.8. The molecule has 30 heavy (non-hydrogen) atoms. The topological polar surface area (TPSA) is 60.7 Å². The third-order valence-corrected chi connectivity index (χ3v) is 7.89. The van der Waals surface area contributed by atoms with Gasteiger partial charge in [-0.25, -0.2) is 0 Å². The predicted molar refractivity (Wildman–Crippen MR) is 124 cm³/mol. The summed E-state index contributed by atoms with van der Waals surface area (Å²) in [6.07, 6.45) is 19.8. The van der Waals surface area contributed by atoms with Crippen molar-refractivity contribution in [2.45, 2.75) is 77.4 Å². The van der Waals surface area contributed by atoms with Gasteiger partial charge in [0, 0.05) is 13.0 Å². The van der Waals surface area contributed by atoms with Crippen LogP contribution >= 0.6 is 0 Å². The van der Waals surface area contributed by atoms with Crippen molar-refractivity contribution in [2.75, 3.05) is 6.61 Å². The first-order chi connectivity index (χ1) is 14.4. The van der Waals surface area contributed by atoms with Crippen LogP contribution in [0.15, 0.2) is 59.8 Å². The minimum absolute atomic E-state index is 0.207. The second kappa shape index (κ2) is 10.3. The molecule has 0 aromatic rings. The van der Waals surface area contributed by atoms with E-state index in [9.17, 15) is 10.2 Å². The summed E-state index contributed by atoms with van der Waals surface area (Å²) in [6, 6.07) is 0. The Bertz CT molecular complexity index is 728. The summed E-state index contributed by atoms with van der Waals surface area (Å²) < 4.78 is 0. The molecule has 0 saturated heterocycles. The predicted octanol–water partition coefficient (Wildman–Crippen LogP) is 5.26. The van der Waals surface area contributed by atoms with Crippen molar-refractivity contribution in [2.24, 2.45) is 23.2 Å². The molecule has 3 nitrogen and oxygen atoms in total. The molecule has 6 atom stereocenters. The zero-order valence-corrected chi connectivity index (χ0v) is 18.8. The molecule has 3 rings (SSSR count). The summed E-state index contributed by atoms with van der Waals surface area (Å²) in [5.74, 6) is 1.86. The van der Waals surface area contributed by atoms with E-state index in [1.165, 1.54) is 25.7 Å². The van der Waals surface area contributed by atoms with Crippen LogP contribution in [0.4, 0.5) is 0 Å². The molecule has 0 bridgehead atoms. The Hall–Kier alpha value is -1.42. The van der Waals surface area contributed by atoms with Crippen molar-refractivity contribution in [1.29, 1.82) is 0 Å². The fourth-order valence-corrected chi connectivity index (χ4v) is 6.23. The van der Waals surface area contributed by atoms with E-state index in [1.54, 1.807) is 5.57 Å². The van der Waals surface area contributed by atoms with Crippen LogP contribution in [0.1, 0.15) is 65.2 Å². The maximum atomic E-state index is 10.1. The quantitative estimate of drug-likeness (QED) is 0.522. The highest BCUT2D eigenvalue weighted by Crippen LogP contribution is 2.59. The monoisotopic (exact) mass is 412 g/mol. The van der Waals surface area contributed by atoms with Gasteiger partial charge in [-0.05, 0) is 79.3 Å². The van der Waals surface area contributed by atoms with E-state index in [-0.39, 0.29) is 6.61 Å². The van der Waals surface area contributed by atoms with Gasteiger partial charge in [0.05, 0.1) is 12.2 Å². The van der Waals surface area contributed by atoms with E-state index < -0.39 is 12.2 Å². The molecule has 166 valence electrons. The van der Waals surface area contributed by atoms with Gasteiger partial charge in [-0.1, -0.05) is 62.5 Å². The summed E-state index contributed by atoms with van der Waals surface area (Å²) in [4.78, 5) is 0. The van der Waals surface area contributed by atoms with Gasteiger partial charge in [-0.2, -0.15) is 0 Å². The molecule has 3 aliphatic carbocycles. The highest BCUT2D eigenvalue weighted by Gasteiger charge is 2.50. The minimum Gasteiger partial charge on any atom is -0.396 e. The fraction of sp³-hybridized carbons (Fsp3) is 0.630. The van der Waals surface area contributed by atoms with Gasteiger partial charge in [-0.3, -0.25) is 0 Å². The second-order valence-corrected chi connectivity index (χ2v) is 9.85. The highest BCUT2D eigenvalue weighted by molar-refractivity contribution is 5.38. The average molecular weight is 413 g/mol. The van der Waals surface area contributed by atoms with E-state index in [0.29, 0.717) is 42.4 Å². The molecule has 3 N–H and O–H groups in total. The molecule has 0 unspecified atom stereocenters. The molecule has 3 fully saturated rings. The first kappa shape index (κ1) is 23.2. The Kier molecular flexibility index (Phi) is 7.95. The first-order valence-corrected chi connectivity index (χ1v) is 11.8. The summed E-state index contributed by atoms with van der Waals surface area (Å²) in [7, 11) is 0. The lowest BCUT2D eigenvalue weighted by Crippen LogP contribution is -2.35. The van der Waals surface area contributed by atoms with Gasteiger partial charge in [0.25, 0.3) is 0 Å². The van der Waals surface area contributed by atoms with Crippen LogP contribution in [0.3, 0.4) is 0 Å². The van der Waals surface area contributed by atoms with Crippen LogP contribution in [-0.2, 0) is 0 Å². The van der Waals surface area contributed by atoms with Gasteiger partial charge in [0.15, 0.2) is 0 Å². The van der Waals surface area contributed by atoms with Gasteiger partial charge in [0.2, 0.25) is 0 Å². The molecule has 0 heterocycles. The lowest BCUT2D eigenvalue weighted by Gasteiger charge is -2.44. The Morgan fingerprint density at radius 3 is 2.77 bits per heavy atom. The van der Waals surface area contributed by atoms with Gasteiger partial charge in [0.1, 0.15) is 0 Å². The minimum atomic E-state index is -0.620. The van der Waals surface area contributed by atoms with Crippen LogP contribution in [0, 0.1) is 23.2 Å². The zero-order chi connectivity index (χ0) is 21.7. The van der Waals surface area contributed by atoms with Crippen molar-refractivity contribution < 1.29 is 15.3 Å². The van der Waals surface area contributed by atoms with Crippen molar-refractivity contribution >= 4 is 0 Å². The standard InChI is InChI=1S/C27H40O3/c1-19(9-6-4-5-7-16-28)24-13-14-25-21(10-8-15-27(24,25)3)11-12-22-17-23(29)18-26(30)20(22)2/h4-6,9,11-12,19,23-26,28-30H,2,7-8,10,13-18H2,1,3H3/b5-4+,9-6+,21-11+,22-12-/t19-,23-,24-,25+,26+,27-/m1/s1. The van der Waals surface area contributed by atoms with Crippen molar-refractivity contribution in [3.05, 3.63) is 59.8 Å². The maximum Gasteiger partial charge on any atom is 0.0811 e. The molecule has 3 heteroatoms. The Morgan fingerprint density at radius 1 is 1.20 bits per heavy atom. The zero-order valence-electron chi connectivity index (χ0n) is 18.8. The summed E-state index contributed by atoms with van der Waals surface area (Å²) in [5, 5.41) is 29.0. The molecule has 0 radical (unpaired) electrons. The molecule has 0 aliphatic heterocycles. The average Bonchev–Trinajstić information content (AvgIpc) is 3.07. The highest BCUT2D eigenvalue weighted by atomic mass is 16.3. The van der Waals surface area contributed by atoms with E-state index in [1.807, 2.05) is 6.08 Å². The number of allylic oxidation sites excluding steroid dienone is 6. The first-order valence-electron chi connectivity index (χ1n) is 11.8. The molecule has 3 saturated carbocycles. The third kappa shape index (κ3) is 5.07. The van der Waals surface area contributed by atoms with E-state index in [0.717, 1.165) is 17.6 Å².